The Labute approximate surface area is 227 Å². The molecule has 0 radical (unpaired) electrons. The number of ether oxygens (including phenoxy) is 4. The molecule has 232 valence electrons. The van der Waals surface area contributed by atoms with Gasteiger partial charge in [-0.2, -0.15) is 0 Å². The highest BCUT2D eigenvalue weighted by atomic mass is 16.8. The lowest BCUT2D eigenvalue weighted by Crippen LogP contribution is -2.73. The summed E-state index contributed by atoms with van der Waals surface area (Å²) in [6.45, 7) is -0.299. The number of hydrogen-bond acceptors (Lipinski definition) is 15. The minimum absolute atomic E-state index is 0.707. The molecule has 15 atom stereocenters. The van der Waals surface area contributed by atoms with Gasteiger partial charge in [-0.15, -0.1) is 0 Å². The third kappa shape index (κ3) is 6.11. The predicted octanol–water partition coefficient (Wildman–Crippen LogP) is -7.58. The normalized spacial score (nSPS) is 47.5. The summed E-state index contributed by atoms with van der Waals surface area (Å²) in [5.74, 6) is 0. The second-order valence-electron chi connectivity index (χ2n) is 10.0. The Hall–Kier alpha value is -1.98. The standard InChI is InChI=1S/C21H39N5O14/c1-5-21(36,4-28)16(40-17-9(24-2)13(32)10(29)6(3-27)38-17)18(37-5)39-15-8(26-20(23)35)11(30)7(25-19(22)34)12(31)14(15)33/h5-18,24,27-33,36H,3-4H2,1-2H3,(H3,22,25,34)(H3,23,26,35)/t5-,6-,7+,8-,9-,10-,11+,12-,13-,14+,15+,16-,17-,18-,21+/m0/s1. The summed E-state index contributed by atoms with van der Waals surface area (Å²) in [6.07, 6.45) is -17.7. The van der Waals surface area contributed by atoms with Gasteiger partial charge >= 0.3 is 12.1 Å². The van der Waals surface area contributed by atoms with Crippen LogP contribution < -0.4 is 27.4 Å². The maximum Gasteiger partial charge on any atom is 0.312 e. The van der Waals surface area contributed by atoms with Gasteiger partial charge in [-0.3, -0.25) is 0 Å². The van der Waals surface area contributed by atoms with Gasteiger partial charge in [0.25, 0.3) is 0 Å². The van der Waals surface area contributed by atoms with E-state index in [1.165, 1.54) is 14.0 Å². The highest BCUT2D eigenvalue weighted by Crippen LogP contribution is 2.38. The molecule has 0 bridgehead atoms. The molecule has 2 aliphatic heterocycles. The molecule has 1 saturated carbocycles. The topological polar surface area (TPSA) is 321 Å². The fourth-order valence-corrected chi connectivity index (χ4v) is 5.24. The fraction of sp³-hybridized carbons (Fsp3) is 0.905. The number of urea groups is 2. The Morgan fingerprint density at radius 3 is 1.93 bits per heavy atom. The third-order valence-electron chi connectivity index (χ3n) is 7.58. The monoisotopic (exact) mass is 585 g/mol. The lowest BCUT2D eigenvalue weighted by atomic mass is 9.81. The van der Waals surface area contributed by atoms with Gasteiger partial charge in [0.15, 0.2) is 12.6 Å². The maximum atomic E-state index is 11.7. The fourth-order valence-electron chi connectivity index (χ4n) is 5.24. The number of carbonyl (C=O) groups is 2. The molecule has 2 heterocycles. The number of likely N-dealkylation sites (N-methyl/N-ethyl adjacent to an activating group) is 1. The van der Waals surface area contributed by atoms with Crippen molar-refractivity contribution < 1.29 is 69.4 Å². The number of primary amides is 2. The number of aliphatic hydroxyl groups is 8. The van der Waals surface area contributed by atoms with Crippen LogP contribution in [-0.2, 0) is 18.9 Å². The molecule has 40 heavy (non-hydrogen) atoms. The molecule has 19 nitrogen and oxygen atoms in total. The van der Waals surface area contributed by atoms with E-state index in [-0.39, 0.29) is 0 Å². The zero-order valence-electron chi connectivity index (χ0n) is 21.7. The molecule has 0 unspecified atom stereocenters. The van der Waals surface area contributed by atoms with Gasteiger partial charge < -0.3 is 87.2 Å². The summed E-state index contributed by atoms with van der Waals surface area (Å²) in [4.78, 5) is 23.1. The van der Waals surface area contributed by atoms with E-state index in [0.29, 0.717) is 0 Å². The number of hydrogen-bond donors (Lipinski definition) is 13. The van der Waals surface area contributed by atoms with Crippen LogP contribution >= 0.6 is 0 Å². The molecule has 15 N–H and O–H groups in total. The van der Waals surface area contributed by atoms with Gasteiger partial charge in [0, 0.05) is 0 Å². The van der Waals surface area contributed by atoms with E-state index in [2.05, 4.69) is 16.0 Å². The first-order valence-electron chi connectivity index (χ1n) is 12.5. The van der Waals surface area contributed by atoms with E-state index in [9.17, 15) is 50.4 Å². The van der Waals surface area contributed by atoms with Gasteiger partial charge in [-0.1, -0.05) is 0 Å². The molecule has 0 spiro atoms. The Morgan fingerprint density at radius 2 is 1.40 bits per heavy atom. The van der Waals surface area contributed by atoms with Crippen molar-refractivity contribution in [2.45, 2.75) is 98.2 Å². The molecular formula is C21H39N5O14. The van der Waals surface area contributed by atoms with Crippen molar-refractivity contribution in [3.63, 3.8) is 0 Å². The molecular weight excluding hydrogens is 546 g/mol. The number of aliphatic hydroxyl groups excluding tert-OH is 7. The molecule has 3 rings (SSSR count). The average Bonchev–Trinajstić information content (AvgIpc) is 3.13. The highest BCUT2D eigenvalue weighted by Gasteiger charge is 2.60. The van der Waals surface area contributed by atoms with Crippen LogP contribution in [0.25, 0.3) is 0 Å². The Morgan fingerprint density at radius 1 is 0.825 bits per heavy atom. The van der Waals surface area contributed by atoms with Crippen molar-refractivity contribution in [1.82, 2.24) is 16.0 Å². The van der Waals surface area contributed by atoms with Crippen LogP contribution in [0.4, 0.5) is 9.59 Å². The number of rotatable bonds is 9. The first-order valence-corrected chi connectivity index (χ1v) is 12.5. The van der Waals surface area contributed by atoms with E-state index < -0.39 is 117 Å². The van der Waals surface area contributed by atoms with E-state index in [1.807, 2.05) is 0 Å². The molecule has 2 saturated heterocycles. The van der Waals surface area contributed by atoms with E-state index >= 15 is 0 Å². The van der Waals surface area contributed by atoms with Crippen LogP contribution in [0.1, 0.15) is 6.92 Å². The molecule has 3 aliphatic rings. The zero-order chi connectivity index (χ0) is 30.1. The summed E-state index contributed by atoms with van der Waals surface area (Å²) in [5.41, 5.74) is 8.10. The van der Waals surface area contributed by atoms with Crippen molar-refractivity contribution >= 4 is 12.1 Å². The molecule has 3 fully saturated rings. The quantitative estimate of drug-likeness (QED) is 0.119. The van der Waals surface area contributed by atoms with Gasteiger partial charge in [-0.05, 0) is 14.0 Å². The smallest absolute Gasteiger partial charge is 0.312 e. The summed E-state index contributed by atoms with van der Waals surface area (Å²) >= 11 is 0. The number of nitrogens with two attached hydrogens (primary N) is 2. The second-order valence-corrected chi connectivity index (χ2v) is 10.0. The molecule has 0 aromatic heterocycles. The van der Waals surface area contributed by atoms with Crippen molar-refractivity contribution in [2.75, 3.05) is 20.3 Å². The SMILES string of the molecule is CN[C@@H]1[C@H](O[C@H]2[C@H](O[C@H]3[C@H](O)[C@@H](O)[C@H](NC(N)=O)[C@@H](O)[C@@H]3NC(N)=O)O[C@@H](C)[C@]2(O)CO)O[C@@H](CO)[C@H](O)[C@H]1O. The molecule has 1 aliphatic carbocycles. The number of carbonyl (C=O) groups excluding carboxylic acids is 2. The lowest BCUT2D eigenvalue weighted by molar-refractivity contribution is -0.318. The van der Waals surface area contributed by atoms with Crippen LogP contribution in [0.2, 0.25) is 0 Å². The lowest BCUT2D eigenvalue weighted by Gasteiger charge is -2.47. The average molecular weight is 586 g/mol. The zero-order valence-corrected chi connectivity index (χ0v) is 21.7. The third-order valence-corrected chi connectivity index (χ3v) is 7.58. The highest BCUT2D eigenvalue weighted by molar-refractivity contribution is 5.73. The van der Waals surface area contributed by atoms with E-state index in [0.717, 1.165) is 0 Å². The summed E-state index contributed by atoms with van der Waals surface area (Å²) in [7, 11) is 1.41. The minimum atomic E-state index is -2.19. The van der Waals surface area contributed by atoms with Gasteiger partial charge in [-0.25, -0.2) is 9.59 Å². The summed E-state index contributed by atoms with van der Waals surface area (Å²) in [5, 5.41) is 90.8. The Bertz CT molecular complexity index is 891. The molecule has 4 amide bonds. The van der Waals surface area contributed by atoms with Crippen molar-refractivity contribution in [3.8, 4) is 0 Å². The van der Waals surface area contributed by atoms with Gasteiger partial charge in [0.2, 0.25) is 0 Å². The van der Waals surface area contributed by atoms with Crippen LogP contribution in [0.3, 0.4) is 0 Å². The van der Waals surface area contributed by atoms with Crippen LogP contribution in [0.5, 0.6) is 0 Å². The van der Waals surface area contributed by atoms with Gasteiger partial charge in [0.05, 0.1) is 43.5 Å². The minimum Gasteiger partial charge on any atom is -0.394 e. The predicted molar refractivity (Wildman–Crippen MR) is 128 cm³/mol. The molecule has 19 heteroatoms. The number of amides is 4. The first kappa shape index (κ1) is 32.5. The van der Waals surface area contributed by atoms with Gasteiger partial charge in [0.1, 0.15) is 48.3 Å². The van der Waals surface area contributed by atoms with Crippen LogP contribution in [0.15, 0.2) is 0 Å². The maximum absolute atomic E-state index is 11.7. The van der Waals surface area contributed by atoms with Crippen LogP contribution in [-0.4, -0.2) is 164 Å². The van der Waals surface area contributed by atoms with E-state index in [4.69, 9.17) is 30.4 Å². The summed E-state index contributed by atoms with van der Waals surface area (Å²) in [6, 6.07) is -6.59. The van der Waals surface area contributed by atoms with Crippen molar-refractivity contribution in [3.05, 3.63) is 0 Å². The van der Waals surface area contributed by atoms with E-state index in [1.54, 1.807) is 0 Å². The number of nitrogens with one attached hydrogen (secondary N) is 3. The molecule has 0 aromatic carbocycles. The first-order chi connectivity index (χ1) is 18.7. The van der Waals surface area contributed by atoms with Crippen molar-refractivity contribution in [2.24, 2.45) is 11.5 Å². The van der Waals surface area contributed by atoms with Crippen molar-refractivity contribution in [1.29, 1.82) is 0 Å². The Kier molecular flexibility index (Phi) is 10.5. The van der Waals surface area contributed by atoms with Crippen LogP contribution in [0, 0.1) is 0 Å². The second kappa shape index (κ2) is 12.9. The molecule has 0 aromatic rings. The summed E-state index contributed by atoms with van der Waals surface area (Å²) < 4.78 is 22.9. The largest absolute Gasteiger partial charge is 0.394 e. The Balaban J connectivity index is 1.93.